The lowest BCUT2D eigenvalue weighted by atomic mass is 9.98. The van der Waals surface area contributed by atoms with Crippen LogP contribution in [0.15, 0.2) is 42.5 Å². The molecule has 2 aromatic carbocycles. The van der Waals surface area contributed by atoms with Gasteiger partial charge in [0.2, 0.25) is 0 Å². The SMILES string of the molecule is COc1c(Cc2ccccc2)cc(Cl)cc1CC(C)N. The van der Waals surface area contributed by atoms with E-state index in [-0.39, 0.29) is 6.04 Å². The first-order valence-corrected chi connectivity index (χ1v) is 7.12. The number of ether oxygens (including phenoxy) is 1. The van der Waals surface area contributed by atoms with Crippen molar-refractivity contribution in [3.8, 4) is 5.75 Å². The molecule has 2 N–H and O–H groups in total. The summed E-state index contributed by atoms with van der Waals surface area (Å²) in [6, 6.07) is 14.3. The predicted molar refractivity (Wildman–Crippen MR) is 84.6 cm³/mol. The summed E-state index contributed by atoms with van der Waals surface area (Å²) in [5, 5.41) is 0.729. The Hall–Kier alpha value is -1.51. The molecule has 0 bridgehead atoms. The first-order valence-electron chi connectivity index (χ1n) is 6.75. The minimum absolute atomic E-state index is 0.0759. The van der Waals surface area contributed by atoms with E-state index in [0.29, 0.717) is 0 Å². The van der Waals surface area contributed by atoms with Crippen LogP contribution >= 0.6 is 11.6 Å². The van der Waals surface area contributed by atoms with Crippen LogP contribution in [0.25, 0.3) is 0 Å². The number of halogens is 1. The summed E-state index contributed by atoms with van der Waals surface area (Å²) in [5.41, 5.74) is 9.31. The molecule has 3 heteroatoms. The molecule has 0 aliphatic heterocycles. The van der Waals surface area contributed by atoms with Crippen LogP contribution in [0.3, 0.4) is 0 Å². The molecule has 1 unspecified atom stereocenters. The summed E-state index contributed by atoms with van der Waals surface area (Å²) in [5.74, 6) is 0.899. The van der Waals surface area contributed by atoms with Crippen LogP contribution in [0.2, 0.25) is 5.02 Å². The minimum Gasteiger partial charge on any atom is -0.496 e. The molecule has 0 saturated heterocycles. The molecule has 2 rings (SSSR count). The smallest absolute Gasteiger partial charge is 0.125 e. The third-order valence-electron chi connectivity index (χ3n) is 3.19. The van der Waals surface area contributed by atoms with Crippen LogP contribution in [-0.2, 0) is 12.8 Å². The van der Waals surface area contributed by atoms with Crippen LogP contribution < -0.4 is 10.5 Å². The van der Waals surface area contributed by atoms with Crippen LogP contribution in [0.4, 0.5) is 0 Å². The largest absolute Gasteiger partial charge is 0.496 e. The van der Waals surface area contributed by atoms with Gasteiger partial charge in [-0.3, -0.25) is 0 Å². The van der Waals surface area contributed by atoms with E-state index in [1.54, 1.807) is 7.11 Å². The first kappa shape index (κ1) is 14.9. The molecule has 2 nitrogen and oxygen atoms in total. The monoisotopic (exact) mass is 289 g/mol. The molecule has 0 amide bonds. The van der Waals surface area contributed by atoms with Gasteiger partial charge in [-0.25, -0.2) is 0 Å². The topological polar surface area (TPSA) is 35.2 Å². The van der Waals surface area contributed by atoms with Gasteiger partial charge in [-0.05, 0) is 36.6 Å². The molecule has 0 fully saturated rings. The van der Waals surface area contributed by atoms with Gasteiger partial charge in [-0.1, -0.05) is 41.9 Å². The molecule has 106 valence electrons. The zero-order valence-corrected chi connectivity index (χ0v) is 12.7. The van der Waals surface area contributed by atoms with E-state index in [2.05, 4.69) is 12.1 Å². The highest BCUT2D eigenvalue weighted by Gasteiger charge is 2.13. The quantitative estimate of drug-likeness (QED) is 0.908. The van der Waals surface area contributed by atoms with Gasteiger partial charge >= 0.3 is 0 Å². The molecule has 0 saturated carbocycles. The Bertz CT molecular complexity index is 567. The molecular weight excluding hydrogens is 270 g/mol. The Morgan fingerprint density at radius 3 is 2.40 bits per heavy atom. The van der Waals surface area contributed by atoms with Crippen LogP contribution in [0.5, 0.6) is 5.75 Å². The van der Waals surface area contributed by atoms with Crippen molar-refractivity contribution in [2.45, 2.75) is 25.8 Å². The Morgan fingerprint density at radius 2 is 1.80 bits per heavy atom. The van der Waals surface area contributed by atoms with Crippen molar-refractivity contribution in [2.24, 2.45) is 5.73 Å². The van der Waals surface area contributed by atoms with Gasteiger partial charge in [-0.2, -0.15) is 0 Å². The van der Waals surface area contributed by atoms with Crippen LogP contribution in [0, 0.1) is 0 Å². The molecule has 1 atom stereocenters. The predicted octanol–water partition coefficient (Wildman–Crippen LogP) is 3.83. The third kappa shape index (κ3) is 3.75. The normalized spacial score (nSPS) is 12.2. The van der Waals surface area contributed by atoms with E-state index in [1.165, 1.54) is 5.56 Å². The second-order valence-corrected chi connectivity index (χ2v) is 5.54. The van der Waals surface area contributed by atoms with E-state index in [9.17, 15) is 0 Å². The lowest BCUT2D eigenvalue weighted by molar-refractivity contribution is 0.404. The van der Waals surface area contributed by atoms with E-state index in [0.717, 1.165) is 34.7 Å². The number of hydrogen-bond donors (Lipinski definition) is 1. The van der Waals surface area contributed by atoms with Gasteiger partial charge in [0.1, 0.15) is 5.75 Å². The van der Waals surface area contributed by atoms with Crippen LogP contribution in [-0.4, -0.2) is 13.2 Å². The maximum atomic E-state index is 6.23. The number of benzene rings is 2. The van der Waals surface area contributed by atoms with E-state index >= 15 is 0 Å². The van der Waals surface area contributed by atoms with Gasteiger partial charge in [0.05, 0.1) is 7.11 Å². The molecular formula is C17H20ClNO. The number of hydrogen-bond acceptors (Lipinski definition) is 2. The summed E-state index contributed by atoms with van der Waals surface area (Å²) >= 11 is 6.23. The molecule has 0 radical (unpaired) electrons. The lowest BCUT2D eigenvalue weighted by Crippen LogP contribution is -2.18. The third-order valence-corrected chi connectivity index (χ3v) is 3.41. The van der Waals surface area contributed by atoms with Gasteiger partial charge in [0.25, 0.3) is 0 Å². The first-order chi connectivity index (χ1) is 9.60. The molecule has 0 heterocycles. The van der Waals surface area contributed by atoms with Crippen molar-refractivity contribution in [3.63, 3.8) is 0 Å². The fraction of sp³-hybridized carbons (Fsp3) is 0.294. The Kier molecular flexibility index (Phi) is 5.05. The second-order valence-electron chi connectivity index (χ2n) is 5.10. The maximum absolute atomic E-state index is 6.23. The highest BCUT2D eigenvalue weighted by Crippen LogP contribution is 2.30. The highest BCUT2D eigenvalue weighted by molar-refractivity contribution is 6.30. The molecule has 2 aromatic rings. The minimum atomic E-state index is 0.0759. The summed E-state index contributed by atoms with van der Waals surface area (Å²) in [4.78, 5) is 0. The fourth-order valence-corrected chi connectivity index (χ4v) is 2.68. The van der Waals surface area contributed by atoms with Crippen molar-refractivity contribution < 1.29 is 4.74 Å². The van der Waals surface area contributed by atoms with Crippen molar-refractivity contribution in [2.75, 3.05) is 7.11 Å². The van der Waals surface area contributed by atoms with Gasteiger partial charge in [0.15, 0.2) is 0 Å². The highest BCUT2D eigenvalue weighted by atomic mass is 35.5. The lowest BCUT2D eigenvalue weighted by Gasteiger charge is -2.16. The average molecular weight is 290 g/mol. The Morgan fingerprint density at radius 1 is 1.15 bits per heavy atom. The van der Waals surface area contributed by atoms with Crippen molar-refractivity contribution >= 4 is 11.6 Å². The average Bonchev–Trinajstić information content (AvgIpc) is 2.39. The standard InChI is InChI=1S/C17H20ClNO/c1-12(19)8-14-10-16(18)11-15(17(14)20-2)9-13-6-4-3-5-7-13/h3-7,10-12H,8-9,19H2,1-2H3. The number of rotatable bonds is 5. The summed E-state index contributed by atoms with van der Waals surface area (Å²) in [6.07, 6.45) is 1.56. The second kappa shape index (κ2) is 6.78. The molecule has 0 aromatic heterocycles. The zero-order valence-electron chi connectivity index (χ0n) is 11.9. The maximum Gasteiger partial charge on any atom is 0.125 e. The summed E-state index contributed by atoms with van der Waals surface area (Å²) in [7, 11) is 1.70. The van der Waals surface area contributed by atoms with Crippen molar-refractivity contribution in [1.82, 2.24) is 0 Å². The van der Waals surface area contributed by atoms with Gasteiger partial charge in [-0.15, -0.1) is 0 Å². The zero-order chi connectivity index (χ0) is 14.5. The van der Waals surface area contributed by atoms with E-state index < -0.39 is 0 Å². The Balaban J connectivity index is 2.38. The van der Waals surface area contributed by atoms with Crippen molar-refractivity contribution in [1.29, 1.82) is 0 Å². The van der Waals surface area contributed by atoms with Crippen LogP contribution in [0.1, 0.15) is 23.6 Å². The van der Waals surface area contributed by atoms with E-state index in [1.807, 2.05) is 37.3 Å². The molecule has 0 spiro atoms. The molecule has 0 aliphatic carbocycles. The number of methoxy groups -OCH3 is 1. The Labute approximate surface area is 125 Å². The summed E-state index contributed by atoms with van der Waals surface area (Å²) < 4.78 is 5.59. The van der Waals surface area contributed by atoms with Gasteiger partial charge < -0.3 is 10.5 Å². The van der Waals surface area contributed by atoms with E-state index in [4.69, 9.17) is 22.1 Å². The number of nitrogens with two attached hydrogens (primary N) is 1. The molecule has 0 aliphatic rings. The summed E-state index contributed by atoms with van der Waals surface area (Å²) in [6.45, 7) is 1.98. The molecule has 20 heavy (non-hydrogen) atoms. The fourth-order valence-electron chi connectivity index (χ4n) is 2.42. The van der Waals surface area contributed by atoms with Gasteiger partial charge in [0, 0.05) is 23.0 Å². The van der Waals surface area contributed by atoms with Crippen molar-refractivity contribution in [3.05, 3.63) is 64.2 Å².